The molecule has 0 heterocycles. The summed E-state index contributed by atoms with van der Waals surface area (Å²) in [6.07, 6.45) is 0.616. The Morgan fingerprint density at radius 2 is 2.33 bits per heavy atom. The second-order valence-electron chi connectivity index (χ2n) is 3.51. The maximum Gasteiger partial charge on any atom is 0.317 e. The molecule has 0 aliphatic rings. The maximum atomic E-state index is 12.8. The van der Waals surface area contributed by atoms with Crippen molar-refractivity contribution in [2.45, 2.75) is 19.4 Å². The van der Waals surface area contributed by atoms with Gasteiger partial charge in [-0.1, -0.05) is 12.1 Å². The van der Waals surface area contributed by atoms with E-state index in [1.165, 1.54) is 12.1 Å². The normalized spacial score (nSPS) is 12.4. The number of rotatable bonds is 5. The van der Waals surface area contributed by atoms with Gasteiger partial charge in [-0.25, -0.2) is 4.39 Å². The van der Waals surface area contributed by atoms with Crippen molar-refractivity contribution in [3.8, 4) is 0 Å². The summed E-state index contributed by atoms with van der Waals surface area (Å²) in [7, 11) is 0. The highest BCUT2D eigenvalue weighted by Gasteiger charge is 2.05. The van der Waals surface area contributed by atoms with Crippen LogP contribution in [0.15, 0.2) is 24.3 Å². The predicted molar refractivity (Wildman–Crippen MR) is 55.2 cm³/mol. The van der Waals surface area contributed by atoms with Crippen molar-refractivity contribution in [1.82, 2.24) is 5.32 Å². The molecule has 1 aromatic carbocycles. The Hall–Kier alpha value is -1.42. The maximum absolute atomic E-state index is 12.8. The van der Waals surface area contributed by atoms with Crippen LogP contribution in [0.25, 0.3) is 0 Å². The van der Waals surface area contributed by atoms with E-state index in [4.69, 9.17) is 5.11 Å². The van der Waals surface area contributed by atoms with Crippen molar-refractivity contribution in [3.63, 3.8) is 0 Å². The molecule has 0 spiro atoms. The SMILES string of the molecule is CC(Cc1cccc(F)c1)NCC(=O)O. The smallest absolute Gasteiger partial charge is 0.317 e. The zero-order chi connectivity index (χ0) is 11.3. The highest BCUT2D eigenvalue weighted by Crippen LogP contribution is 2.06. The quantitative estimate of drug-likeness (QED) is 0.774. The van der Waals surface area contributed by atoms with Gasteiger partial charge in [-0.2, -0.15) is 0 Å². The van der Waals surface area contributed by atoms with E-state index in [0.717, 1.165) is 5.56 Å². The molecule has 15 heavy (non-hydrogen) atoms. The summed E-state index contributed by atoms with van der Waals surface area (Å²) < 4.78 is 12.8. The van der Waals surface area contributed by atoms with Crippen LogP contribution in [0.3, 0.4) is 0 Å². The van der Waals surface area contributed by atoms with Crippen LogP contribution in [0.1, 0.15) is 12.5 Å². The topological polar surface area (TPSA) is 49.3 Å². The molecule has 0 amide bonds. The fourth-order valence-electron chi connectivity index (χ4n) is 1.35. The number of carbonyl (C=O) groups is 1. The van der Waals surface area contributed by atoms with E-state index in [0.29, 0.717) is 6.42 Å². The van der Waals surface area contributed by atoms with E-state index < -0.39 is 5.97 Å². The van der Waals surface area contributed by atoms with Gasteiger partial charge in [0.25, 0.3) is 0 Å². The molecular formula is C11H14FNO2. The molecule has 1 rings (SSSR count). The number of halogens is 1. The molecule has 0 aromatic heterocycles. The third-order valence-corrected chi connectivity index (χ3v) is 2.03. The third kappa shape index (κ3) is 4.56. The fraction of sp³-hybridized carbons (Fsp3) is 0.364. The summed E-state index contributed by atoms with van der Waals surface area (Å²) in [5, 5.41) is 11.3. The van der Waals surface area contributed by atoms with E-state index in [-0.39, 0.29) is 18.4 Å². The Balaban J connectivity index is 2.44. The predicted octanol–water partition coefficient (Wildman–Crippen LogP) is 1.43. The van der Waals surface area contributed by atoms with Crippen molar-refractivity contribution < 1.29 is 14.3 Å². The Morgan fingerprint density at radius 1 is 1.60 bits per heavy atom. The lowest BCUT2D eigenvalue weighted by Gasteiger charge is -2.11. The van der Waals surface area contributed by atoms with Gasteiger partial charge in [-0.3, -0.25) is 4.79 Å². The number of hydrogen-bond acceptors (Lipinski definition) is 2. The summed E-state index contributed by atoms with van der Waals surface area (Å²) in [6, 6.07) is 6.33. The fourth-order valence-corrected chi connectivity index (χ4v) is 1.35. The van der Waals surface area contributed by atoms with Crippen LogP contribution in [0.2, 0.25) is 0 Å². The van der Waals surface area contributed by atoms with Crippen LogP contribution < -0.4 is 5.32 Å². The highest BCUT2D eigenvalue weighted by molar-refractivity contribution is 5.69. The van der Waals surface area contributed by atoms with Gasteiger partial charge in [0.2, 0.25) is 0 Å². The lowest BCUT2D eigenvalue weighted by atomic mass is 10.1. The van der Waals surface area contributed by atoms with E-state index in [9.17, 15) is 9.18 Å². The minimum Gasteiger partial charge on any atom is -0.480 e. The van der Waals surface area contributed by atoms with E-state index >= 15 is 0 Å². The molecule has 4 heteroatoms. The van der Waals surface area contributed by atoms with E-state index in [1.807, 2.05) is 13.0 Å². The van der Waals surface area contributed by atoms with Crippen molar-refractivity contribution >= 4 is 5.97 Å². The molecule has 82 valence electrons. The first kappa shape index (κ1) is 11.7. The van der Waals surface area contributed by atoms with Gasteiger partial charge in [0, 0.05) is 6.04 Å². The second kappa shape index (κ2) is 5.46. The Labute approximate surface area is 87.9 Å². The monoisotopic (exact) mass is 211 g/mol. The summed E-state index contributed by atoms with van der Waals surface area (Å²) >= 11 is 0. The number of hydrogen-bond donors (Lipinski definition) is 2. The minimum absolute atomic E-state index is 0.0166. The molecular weight excluding hydrogens is 197 g/mol. The summed E-state index contributed by atoms with van der Waals surface area (Å²) in [6.45, 7) is 1.80. The standard InChI is InChI=1S/C11H14FNO2/c1-8(13-7-11(14)15)5-9-3-2-4-10(12)6-9/h2-4,6,8,13H,5,7H2,1H3,(H,14,15). The van der Waals surface area contributed by atoms with Crippen LogP contribution in [0.4, 0.5) is 4.39 Å². The molecule has 0 radical (unpaired) electrons. The number of nitrogens with one attached hydrogen (secondary N) is 1. The van der Waals surface area contributed by atoms with Crippen LogP contribution in [0.5, 0.6) is 0 Å². The van der Waals surface area contributed by atoms with Gasteiger partial charge >= 0.3 is 5.97 Å². The molecule has 0 bridgehead atoms. The molecule has 0 aliphatic heterocycles. The lowest BCUT2D eigenvalue weighted by Crippen LogP contribution is -2.32. The highest BCUT2D eigenvalue weighted by atomic mass is 19.1. The van der Waals surface area contributed by atoms with Crippen LogP contribution in [-0.2, 0) is 11.2 Å². The number of benzene rings is 1. The Bertz CT molecular complexity index is 341. The molecule has 0 saturated heterocycles. The molecule has 1 atom stereocenters. The molecule has 0 aliphatic carbocycles. The zero-order valence-electron chi connectivity index (χ0n) is 8.53. The molecule has 0 saturated carbocycles. The average Bonchev–Trinajstić information content (AvgIpc) is 2.15. The summed E-state index contributed by atoms with van der Waals surface area (Å²) in [4.78, 5) is 10.3. The van der Waals surface area contributed by atoms with Gasteiger partial charge in [0.15, 0.2) is 0 Å². The van der Waals surface area contributed by atoms with Crippen molar-refractivity contribution in [2.75, 3.05) is 6.54 Å². The molecule has 2 N–H and O–H groups in total. The van der Waals surface area contributed by atoms with Crippen molar-refractivity contribution in [3.05, 3.63) is 35.6 Å². The third-order valence-electron chi connectivity index (χ3n) is 2.03. The van der Waals surface area contributed by atoms with Gasteiger partial charge in [-0.15, -0.1) is 0 Å². The largest absolute Gasteiger partial charge is 0.480 e. The van der Waals surface area contributed by atoms with Gasteiger partial charge < -0.3 is 10.4 Å². The van der Waals surface area contributed by atoms with Gasteiger partial charge in [0.1, 0.15) is 5.82 Å². The summed E-state index contributed by atoms with van der Waals surface area (Å²) in [5.74, 6) is -1.15. The molecule has 1 aromatic rings. The number of carboxylic acid groups (broad SMARTS) is 1. The molecule has 0 fully saturated rings. The molecule has 1 unspecified atom stereocenters. The first-order valence-corrected chi connectivity index (χ1v) is 4.77. The molecule has 3 nitrogen and oxygen atoms in total. The Kier molecular flexibility index (Phi) is 4.24. The Morgan fingerprint density at radius 3 is 2.93 bits per heavy atom. The minimum atomic E-state index is -0.888. The number of carboxylic acids is 1. The van der Waals surface area contributed by atoms with Crippen molar-refractivity contribution in [1.29, 1.82) is 0 Å². The number of aliphatic carboxylic acids is 1. The van der Waals surface area contributed by atoms with E-state index in [1.54, 1.807) is 6.07 Å². The first-order valence-electron chi connectivity index (χ1n) is 4.77. The van der Waals surface area contributed by atoms with Gasteiger partial charge in [0.05, 0.1) is 6.54 Å². The van der Waals surface area contributed by atoms with Crippen molar-refractivity contribution in [2.24, 2.45) is 0 Å². The van der Waals surface area contributed by atoms with Gasteiger partial charge in [-0.05, 0) is 31.0 Å². The van der Waals surface area contributed by atoms with Crippen LogP contribution in [0, 0.1) is 5.82 Å². The summed E-state index contributed by atoms with van der Waals surface area (Å²) in [5.41, 5.74) is 0.861. The van der Waals surface area contributed by atoms with E-state index in [2.05, 4.69) is 5.32 Å². The average molecular weight is 211 g/mol. The first-order chi connectivity index (χ1) is 7.08. The zero-order valence-corrected chi connectivity index (χ0v) is 8.53. The van der Waals surface area contributed by atoms with Crippen LogP contribution >= 0.6 is 0 Å². The second-order valence-corrected chi connectivity index (χ2v) is 3.51. The van der Waals surface area contributed by atoms with Crippen LogP contribution in [-0.4, -0.2) is 23.7 Å². The lowest BCUT2D eigenvalue weighted by molar-refractivity contribution is -0.136.